The van der Waals surface area contributed by atoms with Crippen LogP contribution in [0.3, 0.4) is 0 Å². The van der Waals surface area contributed by atoms with Crippen molar-refractivity contribution in [3.05, 3.63) is 64.0 Å². The Balaban J connectivity index is 2.16. The minimum atomic E-state index is -0.506. The summed E-state index contributed by atoms with van der Waals surface area (Å²) in [6, 6.07) is 10.0. The molecule has 0 radical (unpaired) electrons. The average Bonchev–Trinajstić information content (AvgIpc) is 2.45. The number of nitro groups is 1. The van der Waals surface area contributed by atoms with Gasteiger partial charge in [0.1, 0.15) is 23.9 Å². The van der Waals surface area contributed by atoms with Crippen molar-refractivity contribution in [3.8, 4) is 11.5 Å². The summed E-state index contributed by atoms with van der Waals surface area (Å²) in [5, 5.41) is 10.8. The Hall–Kier alpha value is -2.63. The minimum Gasteiger partial charge on any atom is -0.496 e. The number of nitro benzene ring substituents is 1. The van der Waals surface area contributed by atoms with E-state index in [-0.39, 0.29) is 12.3 Å². The van der Waals surface area contributed by atoms with Crippen molar-refractivity contribution >= 4 is 5.69 Å². The zero-order chi connectivity index (χ0) is 14.5. The second-order valence-electron chi connectivity index (χ2n) is 4.04. The monoisotopic (exact) mass is 277 g/mol. The van der Waals surface area contributed by atoms with Crippen molar-refractivity contribution in [2.24, 2.45) is 0 Å². The highest BCUT2D eigenvalue weighted by atomic mass is 19.1. The molecule has 0 atom stereocenters. The molecule has 0 spiro atoms. The Morgan fingerprint density at radius 1 is 1.20 bits per heavy atom. The van der Waals surface area contributed by atoms with E-state index in [1.807, 2.05) is 0 Å². The standard InChI is InChI=1S/C14H12FNO4/c1-19-14-6-10(5-12(8-14)16(17)18)9-20-13-4-2-3-11(15)7-13/h2-8H,9H2,1H3. The van der Waals surface area contributed by atoms with E-state index in [1.54, 1.807) is 12.1 Å². The van der Waals surface area contributed by atoms with Crippen LogP contribution >= 0.6 is 0 Å². The number of non-ortho nitro benzene ring substituents is 1. The maximum absolute atomic E-state index is 13.0. The molecule has 0 aliphatic rings. The summed E-state index contributed by atoms with van der Waals surface area (Å²) in [5.74, 6) is 0.326. The van der Waals surface area contributed by atoms with Crippen molar-refractivity contribution in [1.29, 1.82) is 0 Å². The first kappa shape index (κ1) is 13.8. The van der Waals surface area contributed by atoms with E-state index >= 15 is 0 Å². The van der Waals surface area contributed by atoms with Gasteiger partial charge in [-0.15, -0.1) is 0 Å². The average molecular weight is 277 g/mol. The molecule has 0 bridgehead atoms. The first-order valence-electron chi connectivity index (χ1n) is 5.79. The molecule has 0 aliphatic carbocycles. The molecule has 0 unspecified atom stereocenters. The molecule has 0 amide bonds. The van der Waals surface area contributed by atoms with Gasteiger partial charge in [0.2, 0.25) is 0 Å². The van der Waals surface area contributed by atoms with Crippen LogP contribution in [0.25, 0.3) is 0 Å². The van der Waals surface area contributed by atoms with Crippen molar-refractivity contribution in [2.75, 3.05) is 7.11 Å². The van der Waals surface area contributed by atoms with Gasteiger partial charge in [-0.1, -0.05) is 6.07 Å². The van der Waals surface area contributed by atoms with Gasteiger partial charge in [-0.25, -0.2) is 4.39 Å². The van der Waals surface area contributed by atoms with Gasteiger partial charge >= 0.3 is 0 Å². The van der Waals surface area contributed by atoms with Gasteiger partial charge in [0, 0.05) is 12.1 Å². The highest BCUT2D eigenvalue weighted by molar-refractivity contribution is 5.42. The molecule has 6 heteroatoms. The summed E-state index contributed by atoms with van der Waals surface area (Å²) in [5.41, 5.74) is 0.488. The predicted molar refractivity (Wildman–Crippen MR) is 70.4 cm³/mol. The number of ether oxygens (including phenoxy) is 2. The van der Waals surface area contributed by atoms with E-state index in [2.05, 4.69) is 0 Å². The van der Waals surface area contributed by atoms with E-state index < -0.39 is 10.7 Å². The first-order valence-corrected chi connectivity index (χ1v) is 5.79. The Labute approximate surface area is 114 Å². The van der Waals surface area contributed by atoms with Crippen LogP contribution in [0.5, 0.6) is 11.5 Å². The fourth-order valence-corrected chi connectivity index (χ4v) is 1.67. The predicted octanol–water partition coefficient (Wildman–Crippen LogP) is 3.32. The Morgan fingerprint density at radius 2 is 2.00 bits per heavy atom. The Bertz CT molecular complexity index is 630. The van der Waals surface area contributed by atoms with Crippen molar-refractivity contribution < 1.29 is 18.8 Å². The largest absolute Gasteiger partial charge is 0.496 e. The maximum Gasteiger partial charge on any atom is 0.273 e. The zero-order valence-corrected chi connectivity index (χ0v) is 10.7. The molecule has 104 valence electrons. The Kier molecular flexibility index (Phi) is 4.14. The molecule has 2 rings (SSSR count). The summed E-state index contributed by atoms with van der Waals surface area (Å²) in [4.78, 5) is 10.3. The molecular weight excluding hydrogens is 265 g/mol. The van der Waals surface area contributed by atoms with Gasteiger partial charge in [-0.3, -0.25) is 10.1 Å². The molecule has 20 heavy (non-hydrogen) atoms. The van der Waals surface area contributed by atoms with Crippen molar-refractivity contribution in [1.82, 2.24) is 0 Å². The van der Waals surface area contributed by atoms with Crippen LogP contribution in [-0.2, 0) is 6.61 Å². The number of methoxy groups -OCH3 is 1. The first-order chi connectivity index (χ1) is 9.58. The zero-order valence-electron chi connectivity index (χ0n) is 10.7. The summed E-state index contributed by atoms with van der Waals surface area (Å²) >= 11 is 0. The number of hydrogen-bond donors (Lipinski definition) is 0. The Morgan fingerprint density at radius 3 is 2.65 bits per heavy atom. The quantitative estimate of drug-likeness (QED) is 0.621. The van der Waals surface area contributed by atoms with E-state index in [4.69, 9.17) is 9.47 Å². The van der Waals surface area contributed by atoms with Gasteiger partial charge < -0.3 is 9.47 Å². The normalized spacial score (nSPS) is 10.1. The number of rotatable bonds is 5. The van der Waals surface area contributed by atoms with Crippen LogP contribution in [0.2, 0.25) is 0 Å². The minimum absolute atomic E-state index is 0.0813. The lowest BCUT2D eigenvalue weighted by atomic mass is 10.2. The van der Waals surface area contributed by atoms with Crippen molar-refractivity contribution in [2.45, 2.75) is 6.61 Å². The molecule has 2 aromatic carbocycles. The van der Waals surface area contributed by atoms with Gasteiger partial charge in [-0.05, 0) is 23.8 Å². The summed E-state index contributed by atoms with van der Waals surface area (Å²) in [6.07, 6.45) is 0. The summed E-state index contributed by atoms with van der Waals surface area (Å²) in [7, 11) is 1.43. The van der Waals surface area contributed by atoms with Gasteiger partial charge in [0.25, 0.3) is 5.69 Å². The number of benzene rings is 2. The third-order valence-electron chi connectivity index (χ3n) is 2.60. The van der Waals surface area contributed by atoms with Gasteiger partial charge in [-0.2, -0.15) is 0 Å². The van der Waals surface area contributed by atoms with Crippen LogP contribution in [0.15, 0.2) is 42.5 Å². The number of hydrogen-bond acceptors (Lipinski definition) is 4. The van der Waals surface area contributed by atoms with E-state index in [0.29, 0.717) is 17.1 Å². The number of nitrogens with zero attached hydrogens (tertiary/aromatic N) is 1. The van der Waals surface area contributed by atoms with Crippen LogP contribution in [-0.4, -0.2) is 12.0 Å². The van der Waals surface area contributed by atoms with E-state index in [1.165, 1.54) is 37.4 Å². The van der Waals surface area contributed by atoms with Crippen LogP contribution in [0.4, 0.5) is 10.1 Å². The lowest BCUT2D eigenvalue weighted by Gasteiger charge is -2.08. The highest BCUT2D eigenvalue weighted by Gasteiger charge is 2.10. The molecule has 0 saturated carbocycles. The second kappa shape index (κ2) is 6.01. The topological polar surface area (TPSA) is 61.6 Å². The molecule has 0 aliphatic heterocycles. The smallest absolute Gasteiger partial charge is 0.273 e. The lowest BCUT2D eigenvalue weighted by molar-refractivity contribution is -0.385. The van der Waals surface area contributed by atoms with Crippen molar-refractivity contribution in [3.63, 3.8) is 0 Å². The molecule has 0 N–H and O–H groups in total. The lowest BCUT2D eigenvalue weighted by Crippen LogP contribution is -1.98. The SMILES string of the molecule is COc1cc(COc2cccc(F)c2)cc([N+](=O)[O-])c1. The molecule has 2 aromatic rings. The van der Waals surface area contributed by atoms with Crippen LogP contribution < -0.4 is 9.47 Å². The van der Waals surface area contributed by atoms with E-state index in [9.17, 15) is 14.5 Å². The molecule has 0 fully saturated rings. The molecule has 0 heterocycles. The van der Waals surface area contributed by atoms with Gasteiger partial charge in [0.05, 0.1) is 18.1 Å². The molecule has 0 aromatic heterocycles. The van der Waals surface area contributed by atoms with Gasteiger partial charge in [0.15, 0.2) is 0 Å². The fourth-order valence-electron chi connectivity index (χ4n) is 1.67. The third-order valence-corrected chi connectivity index (χ3v) is 2.60. The highest BCUT2D eigenvalue weighted by Crippen LogP contribution is 2.23. The van der Waals surface area contributed by atoms with Crippen LogP contribution in [0, 0.1) is 15.9 Å². The second-order valence-corrected chi connectivity index (χ2v) is 4.04. The molecular formula is C14H12FNO4. The fraction of sp³-hybridized carbons (Fsp3) is 0.143. The summed E-state index contributed by atoms with van der Waals surface area (Å²) < 4.78 is 23.4. The third kappa shape index (κ3) is 3.44. The summed E-state index contributed by atoms with van der Waals surface area (Å²) in [6.45, 7) is 0.0848. The number of halogens is 1. The van der Waals surface area contributed by atoms with Crippen LogP contribution in [0.1, 0.15) is 5.56 Å². The maximum atomic E-state index is 13.0. The molecule has 0 saturated heterocycles. The molecule has 5 nitrogen and oxygen atoms in total. The van der Waals surface area contributed by atoms with E-state index in [0.717, 1.165) is 0 Å².